The molecule has 0 bridgehead atoms. The van der Waals surface area contributed by atoms with Crippen molar-refractivity contribution in [2.24, 2.45) is 5.73 Å². The van der Waals surface area contributed by atoms with Crippen molar-refractivity contribution < 1.29 is 14.3 Å². The Hall–Kier alpha value is -1.88. The highest BCUT2D eigenvalue weighted by molar-refractivity contribution is 6.06. The minimum atomic E-state index is -1.67. The van der Waals surface area contributed by atoms with Crippen LogP contribution in [0.15, 0.2) is 30.3 Å². The molecule has 1 aromatic carbocycles. The minimum Gasteiger partial charge on any atom is -0.459 e. The average molecular weight is 391 g/mol. The SMILES string of the molecule is CCCCCCCCCCCCNC(=O)[C@](C)(N)C(=O)OCc1ccccc1. The number of benzene rings is 1. The largest absolute Gasteiger partial charge is 0.459 e. The van der Waals surface area contributed by atoms with Crippen molar-refractivity contribution in [2.75, 3.05) is 6.54 Å². The zero-order valence-corrected chi connectivity index (χ0v) is 17.7. The number of carbonyl (C=O) groups excluding carboxylic acids is 2. The molecule has 0 aliphatic rings. The Morgan fingerprint density at radius 1 is 0.929 bits per heavy atom. The Bertz CT molecular complexity index is 558. The first-order valence-electron chi connectivity index (χ1n) is 10.8. The fourth-order valence-electron chi connectivity index (χ4n) is 2.96. The van der Waals surface area contributed by atoms with Crippen LogP contribution in [0.25, 0.3) is 0 Å². The molecule has 0 fully saturated rings. The minimum absolute atomic E-state index is 0.109. The number of hydrogen-bond donors (Lipinski definition) is 2. The molecule has 0 aliphatic carbocycles. The van der Waals surface area contributed by atoms with E-state index in [2.05, 4.69) is 12.2 Å². The van der Waals surface area contributed by atoms with Gasteiger partial charge in [-0.05, 0) is 18.9 Å². The maximum Gasteiger partial charge on any atom is 0.336 e. The monoisotopic (exact) mass is 390 g/mol. The molecule has 0 aliphatic heterocycles. The molecule has 0 spiro atoms. The molecule has 0 heterocycles. The van der Waals surface area contributed by atoms with Gasteiger partial charge in [-0.15, -0.1) is 0 Å². The highest BCUT2D eigenvalue weighted by Crippen LogP contribution is 2.11. The molecule has 0 aromatic heterocycles. The molecule has 0 unspecified atom stereocenters. The van der Waals surface area contributed by atoms with E-state index < -0.39 is 17.4 Å². The van der Waals surface area contributed by atoms with E-state index in [0.717, 1.165) is 18.4 Å². The molecule has 5 nitrogen and oxygen atoms in total. The van der Waals surface area contributed by atoms with Crippen LogP contribution >= 0.6 is 0 Å². The fraction of sp³-hybridized carbons (Fsp3) is 0.652. The van der Waals surface area contributed by atoms with Crippen molar-refractivity contribution in [3.8, 4) is 0 Å². The Kier molecular flexibility index (Phi) is 12.2. The number of ether oxygens (including phenoxy) is 1. The summed E-state index contributed by atoms with van der Waals surface area (Å²) in [5.41, 5.74) is 5.10. The van der Waals surface area contributed by atoms with Gasteiger partial charge in [-0.1, -0.05) is 95.0 Å². The van der Waals surface area contributed by atoms with Gasteiger partial charge in [0.25, 0.3) is 5.91 Å². The first-order valence-corrected chi connectivity index (χ1v) is 10.8. The van der Waals surface area contributed by atoms with E-state index >= 15 is 0 Å². The molecular formula is C23H38N2O3. The maximum absolute atomic E-state index is 12.2. The van der Waals surface area contributed by atoms with Gasteiger partial charge in [0, 0.05) is 6.54 Å². The molecule has 0 saturated carbocycles. The number of unbranched alkanes of at least 4 members (excludes halogenated alkanes) is 9. The standard InChI is InChI=1S/C23H38N2O3/c1-3-4-5-6-7-8-9-10-11-15-18-25-21(26)23(2,24)22(27)28-19-20-16-13-12-14-17-20/h12-14,16-17H,3-11,15,18-19,24H2,1-2H3,(H,25,26)/t23-/m0/s1. The van der Waals surface area contributed by atoms with Crippen LogP contribution in [0, 0.1) is 0 Å². The van der Waals surface area contributed by atoms with Crippen molar-refractivity contribution in [1.82, 2.24) is 5.32 Å². The number of hydrogen-bond acceptors (Lipinski definition) is 4. The van der Waals surface area contributed by atoms with Crippen LogP contribution in [0.3, 0.4) is 0 Å². The van der Waals surface area contributed by atoms with Gasteiger partial charge in [0.15, 0.2) is 5.54 Å². The van der Waals surface area contributed by atoms with Crippen LogP contribution in [0.2, 0.25) is 0 Å². The van der Waals surface area contributed by atoms with Crippen molar-refractivity contribution in [3.05, 3.63) is 35.9 Å². The second kappa shape index (κ2) is 14.2. The van der Waals surface area contributed by atoms with Crippen molar-refractivity contribution in [1.29, 1.82) is 0 Å². The number of esters is 1. The molecule has 158 valence electrons. The summed E-state index contributed by atoms with van der Waals surface area (Å²) in [6.07, 6.45) is 12.4. The first-order chi connectivity index (χ1) is 13.5. The van der Waals surface area contributed by atoms with Crippen LogP contribution in [-0.2, 0) is 20.9 Å². The molecule has 1 amide bonds. The van der Waals surface area contributed by atoms with Crippen molar-refractivity contribution in [3.63, 3.8) is 0 Å². The lowest BCUT2D eigenvalue weighted by Gasteiger charge is -2.21. The van der Waals surface area contributed by atoms with Gasteiger partial charge in [0.05, 0.1) is 0 Å². The summed E-state index contributed by atoms with van der Waals surface area (Å²) >= 11 is 0. The summed E-state index contributed by atoms with van der Waals surface area (Å²) in [5.74, 6) is -1.20. The lowest BCUT2D eigenvalue weighted by atomic mass is 10.0. The molecule has 0 radical (unpaired) electrons. The Morgan fingerprint density at radius 2 is 1.46 bits per heavy atom. The van der Waals surface area contributed by atoms with Crippen LogP contribution in [0.4, 0.5) is 0 Å². The van der Waals surface area contributed by atoms with E-state index in [-0.39, 0.29) is 6.61 Å². The number of carbonyl (C=O) groups is 2. The van der Waals surface area contributed by atoms with Crippen LogP contribution in [-0.4, -0.2) is 24.0 Å². The smallest absolute Gasteiger partial charge is 0.336 e. The lowest BCUT2D eigenvalue weighted by Crippen LogP contribution is -2.58. The van der Waals surface area contributed by atoms with Crippen molar-refractivity contribution in [2.45, 2.75) is 90.2 Å². The fourth-order valence-corrected chi connectivity index (χ4v) is 2.96. The molecule has 0 saturated heterocycles. The normalized spacial score (nSPS) is 13.0. The van der Waals surface area contributed by atoms with E-state index in [1.54, 1.807) is 0 Å². The molecule has 1 rings (SSSR count). The van der Waals surface area contributed by atoms with Crippen LogP contribution in [0.5, 0.6) is 0 Å². The molecular weight excluding hydrogens is 352 g/mol. The summed E-state index contributed by atoms with van der Waals surface area (Å²) in [6, 6.07) is 9.33. The van der Waals surface area contributed by atoms with E-state index in [0.29, 0.717) is 6.54 Å². The third-order valence-electron chi connectivity index (χ3n) is 4.92. The zero-order chi connectivity index (χ0) is 20.7. The summed E-state index contributed by atoms with van der Waals surface area (Å²) in [7, 11) is 0. The van der Waals surface area contributed by atoms with Gasteiger partial charge in [0.1, 0.15) is 6.61 Å². The number of amides is 1. The second-order valence-corrected chi connectivity index (χ2v) is 7.70. The first kappa shape index (κ1) is 24.2. The third kappa shape index (κ3) is 9.88. The molecule has 1 aromatic rings. The Labute approximate surface area is 170 Å². The molecule has 1 atom stereocenters. The van der Waals surface area contributed by atoms with Crippen LogP contribution < -0.4 is 11.1 Å². The summed E-state index contributed by atoms with van der Waals surface area (Å²) in [5, 5.41) is 2.76. The average Bonchev–Trinajstić information content (AvgIpc) is 2.70. The highest BCUT2D eigenvalue weighted by atomic mass is 16.5. The van der Waals surface area contributed by atoms with Crippen molar-refractivity contribution >= 4 is 11.9 Å². The van der Waals surface area contributed by atoms with Gasteiger partial charge in [-0.3, -0.25) is 4.79 Å². The summed E-state index contributed by atoms with van der Waals surface area (Å²) in [6.45, 7) is 4.28. The summed E-state index contributed by atoms with van der Waals surface area (Å²) in [4.78, 5) is 24.4. The molecule has 5 heteroatoms. The van der Waals surface area contributed by atoms with E-state index in [4.69, 9.17) is 10.5 Å². The predicted octanol–water partition coefficient (Wildman–Crippen LogP) is 4.48. The second-order valence-electron chi connectivity index (χ2n) is 7.70. The van der Waals surface area contributed by atoms with Gasteiger partial charge in [0.2, 0.25) is 0 Å². The Balaban J connectivity index is 2.11. The van der Waals surface area contributed by atoms with E-state index in [1.807, 2.05) is 30.3 Å². The van der Waals surface area contributed by atoms with Crippen LogP contribution in [0.1, 0.15) is 83.6 Å². The topological polar surface area (TPSA) is 81.4 Å². The van der Waals surface area contributed by atoms with Gasteiger partial charge in [-0.2, -0.15) is 0 Å². The summed E-state index contributed by atoms with van der Waals surface area (Å²) < 4.78 is 5.20. The van der Waals surface area contributed by atoms with E-state index in [9.17, 15) is 9.59 Å². The number of rotatable bonds is 15. The predicted molar refractivity (Wildman–Crippen MR) is 114 cm³/mol. The third-order valence-corrected chi connectivity index (χ3v) is 4.92. The maximum atomic E-state index is 12.2. The van der Waals surface area contributed by atoms with E-state index in [1.165, 1.54) is 58.3 Å². The zero-order valence-electron chi connectivity index (χ0n) is 17.7. The van der Waals surface area contributed by atoms with Gasteiger partial charge < -0.3 is 15.8 Å². The lowest BCUT2D eigenvalue weighted by molar-refractivity contribution is -0.154. The molecule has 28 heavy (non-hydrogen) atoms. The number of nitrogens with one attached hydrogen (secondary N) is 1. The quantitative estimate of drug-likeness (QED) is 0.263. The molecule has 3 N–H and O–H groups in total. The van der Waals surface area contributed by atoms with Gasteiger partial charge >= 0.3 is 5.97 Å². The highest BCUT2D eigenvalue weighted by Gasteiger charge is 2.38. The number of nitrogens with two attached hydrogens (primary N) is 1. The van der Waals surface area contributed by atoms with Gasteiger partial charge in [-0.25, -0.2) is 4.79 Å². The Morgan fingerprint density at radius 3 is 2.04 bits per heavy atom.